The molecule has 0 fully saturated rings. The molecule has 3 rings (SSSR count). The predicted molar refractivity (Wildman–Crippen MR) is 85.6 cm³/mol. The molecule has 0 saturated heterocycles. The highest BCUT2D eigenvalue weighted by Crippen LogP contribution is 2.27. The molecule has 0 aliphatic rings. The summed E-state index contributed by atoms with van der Waals surface area (Å²) in [7, 11) is 0. The first-order valence-electron chi connectivity index (χ1n) is 6.99. The number of aromatic carboxylic acids is 2. The molecule has 2 N–H and O–H groups in total. The molecule has 3 aromatic rings. The van der Waals surface area contributed by atoms with E-state index in [1.165, 1.54) is 12.1 Å². The summed E-state index contributed by atoms with van der Waals surface area (Å²) in [4.78, 5) is 32.7. The van der Waals surface area contributed by atoms with Gasteiger partial charge >= 0.3 is 11.9 Å². The van der Waals surface area contributed by atoms with Gasteiger partial charge in [-0.3, -0.25) is 9.78 Å². The fourth-order valence-electron chi connectivity index (χ4n) is 2.26. The summed E-state index contributed by atoms with van der Waals surface area (Å²) in [6.45, 7) is 0. The van der Waals surface area contributed by atoms with Crippen molar-refractivity contribution in [2.24, 2.45) is 0 Å². The predicted octanol–water partition coefficient (Wildman–Crippen LogP) is 3.61. The zero-order chi connectivity index (χ0) is 17.1. The standard InChI is InChI=1S/C18H12O6/c19-17(20)12-8-9-16(14(10-12)18(21)22)24-23-15-7-3-5-11-4-1-2-6-13(11)15/h1-10H,(H,19,20)(H,21,22). The Morgan fingerprint density at radius 2 is 1.46 bits per heavy atom. The Labute approximate surface area is 136 Å². The lowest BCUT2D eigenvalue weighted by molar-refractivity contribution is -0.0990. The van der Waals surface area contributed by atoms with E-state index in [1.54, 1.807) is 12.1 Å². The maximum absolute atomic E-state index is 11.3. The Balaban J connectivity index is 1.91. The molecule has 24 heavy (non-hydrogen) atoms. The minimum absolute atomic E-state index is 0.0829. The smallest absolute Gasteiger partial charge is 0.339 e. The molecule has 0 aliphatic heterocycles. The van der Waals surface area contributed by atoms with Crippen LogP contribution in [0.15, 0.2) is 60.7 Å². The lowest BCUT2D eigenvalue weighted by Gasteiger charge is -2.10. The van der Waals surface area contributed by atoms with Crippen LogP contribution in [0.3, 0.4) is 0 Å². The van der Waals surface area contributed by atoms with Gasteiger partial charge in [-0.2, -0.15) is 0 Å². The Hall–Kier alpha value is -3.54. The molecule has 0 bridgehead atoms. The fourth-order valence-corrected chi connectivity index (χ4v) is 2.26. The number of hydrogen-bond donors (Lipinski definition) is 2. The Bertz CT molecular complexity index is 926. The van der Waals surface area contributed by atoms with Gasteiger partial charge in [0.15, 0.2) is 11.5 Å². The van der Waals surface area contributed by atoms with Gasteiger partial charge in [-0.05, 0) is 29.7 Å². The van der Waals surface area contributed by atoms with Crippen molar-refractivity contribution in [1.82, 2.24) is 0 Å². The van der Waals surface area contributed by atoms with Gasteiger partial charge in [0.2, 0.25) is 0 Å². The van der Waals surface area contributed by atoms with Crippen molar-refractivity contribution in [3.63, 3.8) is 0 Å². The molecule has 0 atom stereocenters. The van der Waals surface area contributed by atoms with Crippen LogP contribution in [-0.4, -0.2) is 22.2 Å². The number of rotatable bonds is 5. The van der Waals surface area contributed by atoms with Crippen LogP contribution >= 0.6 is 0 Å². The number of benzene rings is 3. The molecule has 0 aromatic heterocycles. The zero-order valence-corrected chi connectivity index (χ0v) is 12.3. The van der Waals surface area contributed by atoms with Crippen molar-refractivity contribution in [2.75, 3.05) is 0 Å². The molecule has 0 unspecified atom stereocenters. The zero-order valence-electron chi connectivity index (χ0n) is 12.3. The Kier molecular flexibility index (Phi) is 4.03. The van der Waals surface area contributed by atoms with E-state index in [4.69, 9.17) is 14.9 Å². The first-order valence-corrected chi connectivity index (χ1v) is 6.99. The molecule has 3 aromatic carbocycles. The molecule has 120 valence electrons. The highest BCUT2D eigenvalue weighted by Gasteiger charge is 2.17. The minimum Gasteiger partial charge on any atom is -0.478 e. The third-order valence-electron chi connectivity index (χ3n) is 3.43. The van der Waals surface area contributed by atoms with Gasteiger partial charge in [0.05, 0.1) is 5.56 Å². The van der Waals surface area contributed by atoms with Crippen LogP contribution in [0.1, 0.15) is 20.7 Å². The fraction of sp³-hybridized carbons (Fsp3) is 0. The molecule has 0 radical (unpaired) electrons. The lowest BCUT2D eigenvalue weighted by atomic mass is 10.1. The van der Waals surface area contributed by atoms with Gasteiger partial charge in [0.1, 0.15) is 5.56 Å². The SMILES string of the molecule is O=C(O)c1ccc(OOc2cccc3ccccc23)c(C(=O)O)c1. The summed E-state index contributed by atoms with van der Waals surface area (Å²) < 4.78 is 0. The quantitative estimate of drug-likeness (QED) is 0.550. The molecular formula is C18H12O6. The van der Waals surface area contributed by atoms with E-state index < -0.39 is 11.9 Å². The van der Waals surface area contributed by atoms with Gasteiger partial charge < -0.3 is 10.2 Å². The number of fused-ring (bicyclic) bond motifs is 1. The van der Waals surface area contributed by atoms with Crippen molar-refractivity contribution in [3.8, 4) is 11.5 Å². The van der Waals surface area contributed by atoms with Crippen molar-refractivity contribution < 1.29 is 29.6 Å². The molecule has 0 amide bonds. The number of carbonyl (C=O) groups is 2. The number of carboxylic acids is 2. The summed E-state index contributed by atoms with van der Waals surface area (Å²) in [5.74, 6) is -2.19. The normalized spacial score (nSPS) is 10.3. The molecule has 6 nitrogen and oxygen atoms in total. The van der Waals surface area contributed by atoms with Crippen molar-refractivity contribution in [2.45, 2.75) is 0 Å². The van der Waals surface area contributed by atoms with Gasteiger partial charge in [-0.15, -0.1) is 0 Å². The first kappa shape index (κ1) is 15.4. The molecule has 0 aliphatic carbocycles. The summed E-state index contributed by atoms with van der Waals surface area (Å²) in [5.41, 5.74) is -0.444. The van der Waals surface area contributed by atoms with Crippen LogP contribution in [0, 0.1) is 0 Å². The topological polar surface area (TPSA) is 93.1 Å². The second kappa shape index (κ2) is 6.29. The van der Waals surface area contributed by atoms with E-state index in [9.17, 15) is 14.7 Å². The molecular weight excluding hydrogens is 312 g/mol. The van der Waals surface area contributed by atoms with E-state index >= 15 is 0 Å². The van der Waals surface area contributed by atoms with E-state index in [0.29, 0.717) is 5.75 Å². The maximum atomic E-state index is 11.3. The molecule has 0 saturated carbocycles. The summed E-state index contributed by atoms with van der Waals surface area (Å²) in [6.07, 6.45) is 0. The summed E-state index contributed by atoms with van der Waals surface area (Å²) in [6, 6.07) is 16.4. The largest absolute Gasteiger partial charge is 0.478 e. The number of hydrogen-bond acceptors (Lipinski definition) is 4. The van der Waals surface area contributed by atoms with Crippen LogP contribution in [0.4, 0.5) is 0 Å². The van der Waals surface area contributed by atoms with Crippen LogP contribution in [0.25, 0.3) is 10.8 Å². The monoisotopic (exact) mass is 324 g/mol. The second-order valence-corrected chi connectivity index (χ2v) is 4.97. The van der Waals surface area contributed by atoms with Crippen molar-refractivity contribution in [3.05, 3.63) is 71.8 Å². The Morgan fingerprint density at radius 3 is 2.21 bits per heavy atom. The maximum Gasteiger partial charge on any atom is 0.339 e. The van der Waals surface area contributed by atoms with E-state index in [-0.39, 0.29) is 16.9 Å². The summed E-state index contributed by atoms with van der Waals surface area (Å²) in [5, 5.41) is 19.9. The van der Waals surface area contributed by atoms with E-state index in [1.807, 2.05) is 30.3 Å². The third-order valence-corrected chi connectivity index (χ3v) is 3.43. The average molecular weight is 324 g/mol. The highest BCUT2D eigenvalue weighted by molar-refractivity contribution is 5.96. The van der Waals surface area contributed by atoms with E-state index in [0.717, 1.165) is 16.8 Å². The molecule has 6 heteroatoms. The van der Waals surface area contributed by atoms with Gasteiger partial charge in [-0.1, -0.05) is 36.4 Å². The van der Waals surface area contributed by atoms with Crippen molar-refractivity contribution >= 4 is 22.7 Å². The van der Waals surface area contributed by atoms with Crippen LogP contribution in [-0.2, 0) is 0 Å². The highest BCUT2D eigenvalue weighted by atomic mass is 17.2. The third kappa shape index (κ3) is 2.98. The van der Waals surface area contributed by atoms with Gasteiger partial charge in [-0.25, -0.2) is 9.59 Å². The minimum atomic E-state index is -1.31. The van der Waals surface area contributed by atoms with Crippen LogP contribution in [0.5, 0.6) is 11.5 Å². The average Bonchev–Trinajstić information content (AvgIpc) is 2.59. The molecule has 0 spiro atoms. The van der Waals surface area contributed by atoms with Crippen LogP contribution in [0.2, 0.25) is 0 Å². The number of carboxylic acid groups (broad SMARTS) is 2. The van der Waals surface area contributed by atoms with Gasteiger partial charge in [0, 0.05) is 5.39 Å². The second-order valence-electron chi connectivity index (χ2n) is 4.97. The van der Waals surface area contributed by atoms with Crippen LogP contribution < -0.4 is 9.78 Å². The lowest BCUT2D eigenvalue weighted by Crippen LogP contribution is -2.08. The Morgan fingerprint density at radius 1 is 0.750 bits per heavy atom. The summed E-state index contributed by atoms with van der Waals surface area (Å²) >= 11 is 0. The van der Waals surface area contributed by atoms with E-state index in [2.05, 4.69) is 0 Å². The molecule has 0 heterocycles. The van der Waals surface area contributed by atoms with Gasteiger partial charge in [0.25, 0.3) is 0 Å². The van der Waals surface area contributed by atoms with Crippen molar-refractivity contribution in [1.29, 1.82) is 0 Å². The first-order chi connectivity index (χ1) is 11.6.